The molecule has 208 valence electrons. The first kappa shape index (κ1) is 27.1. The number of anilines is 3. The van der Waals surface area contributed by atoms with Gasteiger partial charge in [0.2, 0.25) is 11.8 Å². The van der Waals surface area contributed by atoms with Crippen molar-refractivity contribution in [2.45, 2.75) is 12.8 Å². The number of carbonyl (C=O) groups is 5. The van der Waals surface area contributed by atoms with Crippen molar-refractivity contribution in [3.63, 3.8) is 0 Å². The van der Waals surface area contributed by atoms with Gasteiger partial charge in [0.25, 0.3) is 11.8 Å². The van der Waals surface area contributed by atoms with Crippen molar-refractivity contribution in [1.82, 2.24) is 9.88 Å². The van der Waals surface area contributed by atoms with Crippen molar-refractivity contribution in [2.24, 2.45) is 0 Å². The van der Waals surface area contributed by atoms with Crippen molar-refractivity contribution < 1.29 is 29.1 Å². The van der Waals surface area contributed by atoms with Crippen molar-refractivity contribution in [2.75, 3.05) is 35.7 Å². The highest BCUT2D eigenvalue weighted by Gasteiger charge is 2.30. The van der Waals surface area contributed by atoms with Gasteiger partial charge in [0.1, 0.15) is 6.54 Å². The molecule has 0 radical (unpaired) electrons. The van der Waals surface area contributed by atoms with Gasteiger partial charge in [-0.2, -0.15) is 0 Å². The number of carboxylic acids is 1. The SMILES string of the molecule is CN1C(=O)CN(CCC(=O)O)C(=O)c2cc(NC(=O)Cc3ccc(NC(=O)c4c[nH]c5ccccc45)cc3)ccc21. The number of aromatic nitrogens is 1. The van der Waals surface area contributed by atoms with E-state index in [9.17, 15) is 24.0 Å². The lowest BCUT2D eigenvalue weighted by Crippen LogP contribution is -2.38. The maximum atomic E-state index is 13.1. The third kappa shape index (κ3) is 5.93. The average molecular weight is 554 g/mol. The Morgan fingerprint density at radius 2 is 1.68 bits per heavy atom. The number of benzene rings is 3. The quantitative estimate of drug-likeness (QED) is 0.262. The number of nitrogens with one attached hydrogen (secondary N) is 3. The summed E-state index contributed by atoms with van der Waals surface area (Å²) in [6, 6.07) is 19.1. The number of aromatic amines is 1. The predicted octanol–water partition coefficient (Wildman–Crippen LogP) is 3.49. The number of hydrogen-bond donors (Lipinski definition) is 4. The van der Waals surface area contributed by atoms with E-state index >= 15 is 0 Å². The molecule has 1 aliphatic rings. The summed E-state index contributed by atoms with van der Waals surface area (Å²) in [5.74, 6) is -2.48. The normalized spacial score (nSPS) is 13.1. The Kier molecular flexibility index (Phi) is 7.51. The van der Waals surface area contributed by atoms with Crippen molar-refractivity contribution in [1.29, 1.82) is 0 Å². The van der Waals surface area contributed by atoms with Crippen LogP contribution >= 0.6 is 0 Å². The smallest absolute Gasteiger partial charge is 0.305 e. The van der Waals surface area contributed by atoms with Crippen molar-refractivity contribution in [3.05, 3.63) is 89.6 Å². The van der Waals surface area contributed by atoms with Gasteiger partial charge < -0.3 is 30.5 Å². The van der Waals surface area contributed by atoms with Gasteiger partial charge in [0.05, 0.1) is 29.7 Å². The standard InChI is InChI=1S/C30H27N5O6/c1-34-25-11-10-20(15-22(25)30(41)35(17-27(34)37)13-12-28(38)39)32-26(36)14-18-6-8-19(9-7-18)33-29(40)23-16-31-24-5-3-2-4-21(23)24/h2-11,15-16,31H,12-14,17H2,1H3,(H,32,36)(H,33,40)(H,38,39). The molecule has 11 nitrogen and oxygen atoms in total. The maximum Gasteiger partial charge on any atom is 0.305 e. The van der Waals surface area contributed by atoms with Crippen LogP contribution in [0.2, 0.25) is 0 Å². The summed E-state index contributed by atoms with van der Waals surface area (Å²) in [4.78, 5) is 67.8. The molecule has 0 unspecified atom stereocenters. The van der Waals surface area contributed by atoms with Crippen molar-refractivity contribution in [3.8, 4) is 0 Å². The van der Waals surface area contributed by atoms with Gasteiger partial charge in [-0.15, -0.1) is 0 Å². The van der Waals surface area contributed by atoms with E-state index in [0.717, 1.165) is 10.9 Å². The largest absolute Gasteiger partial charge is 0.481 e. The summed E-state index contributed by atoms with van der Waals surface area (Å²) < 4.78 is 0. The van der Waals surface area contributed by atoms with Gasteiger partial charge in [-0.3, -0.25) is 24.0 Å². The van der Waals surface area contributed by atoms with Crippen LogP contribution in [0.4, 0.5) is 17.1 Å². The molecular formula is C30H27N5O6. The van der Waals surface area contributed by atoms with Crippen LogP contribution < -0.4 is 15.5 Å². The number of hydrogen-bond acceptors (Lipinski definition) is 5. The molecule has 1 aromatic heterocycles. The Labute approximate surface area is 234 Å². The second-order valence-corrected chi connectivity index (χ2v) is 9.68. The van der Waals surface area contributed by atoms with Gasteiger partial charge in [0.15, 0.2) is 0 Å². The number of likely N-dealkylation sites (N-methyl/N-ethyl adjacent to an activating group) is 1. The lowest BCUT2D eigenvalue weighted by Gasteiger charge is -2.19. The van der Waals surface area contributed by atoms with Crippen LogP contribution in [-0.2, 0) is 20.8 Å². The van der Waals surface area contributed by atoms with E-state index in [4.69, 9.17) is 5.11 Å². The number of amides is 4. The molecule has 1 aliphatic heterocycles. The lowest BCUT2D eigenvalue weighted by atomic mass is 10.1. The van der Waals surface area contributed by atoms with Crippen LogP contribution in [0.15, 0.2) is 72.9 Å². The molecular weight excluding hydrogens is 526 g/mol. The Balaban J connectivity index is 1.23. The number of carboxylic acid groups (broad SMARTS) is 1. The van der Waals surface area contributed by atoms with E-state index < -0.39 is 11.9 Å². The third-order valence-electron chi connectivity index (χ3n) is 6.87. The first-order chi connectivity index (χ1) is 19.7. The summed E-state index contributed by atoms with van der Waals surface area (Å²) in [6.07, 6.45) is 1.42. The molecule has 2 heterocycles. The van der Waals surface area contributed by atoms with Gasteiger partial charge in [0, 0.05) is 42.1 Å². The number of para-hydroxylation sites is 1. The summed E-state index contributed by atoms with van der Waals surface area (Å²) in [5, 5.41) is 15.5. The summed E-state index contributed by atoms with van der Waals surface area (Å²) in [5.41, 5.74) is 3.63. The first-order valence-electron chi connectivity index (χ1n) is 12.9. The zero-order valence-corrected chi connectivity index (χ0v) is 22.1. The third-order valence-corrected chi connectivity index (χ3v) is 6.87. The number of aliphatic carboxylic acids is 1. The predicted molar refractivity (Wildman–Crippen MR) is 153 cm³/mol. The Morgan fingerprint density at radius 1 is 0.951 bits per heavy atom. The van der Waals surface area contributed by atoms with Crippen LogP contribution in [0.3, 0.4) is 0 Å². The molecule has 0 bridgehead atoms. The number of H-pyrrole nitrogens is 1. The summed E-state index contributed by atoms with van der Waals surface area (Å²) in [6.45, 7) is -0.348. The maximum absolute atomic E-state index is 13.1. The van der Waals surface area contributed by atoms with E-state index in [1.54, 1.807) is 49.6 Å². The molecule has 4 N–H and O–H groups in total. The van der Waals surface area contributed by atoms with Crippen LogP contribution in [0, 0.1) is 0 Å². The molecule has 5 rings (SSSR count). The van der Waals surface area contributed by atoms with Gasteiger partial charge in [-0.05, 0) is 42.0 Å². The zero-order valence-electron chi connectivity index (χ0n) is 22.1. The zero-order chi connectivity index (χ0) is 29.1. The molecule has 11 heteroatoms. The number of nitrogens with zero attached hydrogens (tertiary/aromatic N) is 2. The highest BCUT2D eigenvalue weighted by Crippen LogP contribution is 2.28. The molecule has 41 heavy (non-hydrogen) atoms. The van der Waals surface area contributed by atoms with Crippen LogP contribution in [0.1, 0.15) is 32.7 Å². The van der Waals surface area contributed by atoms with E-state index in [1.165, 1.54) is 15.9 Å². The van der Waals surface area contributed by atoms with Crippen LogP contribution in [0.25, 0.3) is 10.9 Å². The second kappa shape index (κ2) is 11.3. The topological polar surface area (TPSA) is 152 Å². The molecule has 0 aliphatic carbocycles. The van der Waals surface area contributed by atoms with E-state index in [0.29, 0.717) is 28.2 Å². The minimum absolute atomic E-state index is 0.0465. The van der Waals surface area contributed by atoms with Gasteiger partial charge >= 0.3 is 5.97 Å². The Morgan fingerprint density at radius 3 is 2.44 bits per heavy atom. The Bertz CT molecular complexity index is 1680. The number of rotatable bonds is 8. The highest BCUT2D eigenvalue weighted by atomic mass is 16.4. The first-order valence-corrected chi connectivity index (χ1v) is 12.9. The van der Waals surface area contributed by atoms with Crippen LogP contribution in [0.5, 0.6) is 0 Å². The fourth-order valence-corrected chi connectivity index (χ4v) is 4.69. The molecule has 4 amide bonds. The summed E-state index contributed by atoms with van der Waals surface area (Å²) in [7, 11) is 1.54. The number of fused-ring (bicyclic) bond motifs is 2. The molecule has 3 aromatic carbocycles. The molecule has 0 saturated carbocycles. The number of carbonyl (C=O) groups excluding carboxylic acids is 4. The highest BCUT2D eigenvalue weighted by molar-refractivity contribution is 6.13. The van der Waals surface area contributed by atoms with E-state index in [-0.39, 0.29) is 49.2 Å². The average Bonchev–Trinajstić information content (AvgIpc) is 3.36. The molecule has 0 spiro atoms. The molecule has 0 saturated heterocycles. The van der Waals surface area contributed by atoms with Gasteiger partial charge in [-0.25, -0.2) is 0 Å². The van der Waals surface area contributed by atoms with Gasteiger partial charge in [-0.1, -0.05) is 30.3 Å². The minimum atomic E-state index is -1.08. The molecule has 0 atom stereocenters. The fourth-order valence-electron chi connectivity index (χ4n) is 4.69. The van der Waals surface area contributed by atoms with E-state index in [2.05, 4.69) is 15.6 Å². The van der Waals surface area contributed by atoms with Crippen molar-refractivity contribution >= 4 is 57.6 Å². The monoisotopic (exact) mass is 553 g/mol. The van der Waals surface area contributed by atoms with E-state index in [1.807, 2.05) is 24.3 Å². The Hall–Kier alpha value is -5.45. The minimum Gasteiger partial charge on any atom is -0.481 e. The molecule has 4 aromatic rings. The lowest BCUT2D eigenvalue weighted by molar-refractivity contribution is -0.137. The molecule has 0 fully saturated rings. The second-order valence-electron chi connectivity index (χ2n) is 9.68. The fraction of sp³-hybridized carbons (Fsp3) is 0.167. The summed E-state index contributed by atoms with van der Waals surface area (Å²) >= 11 is 0. The van der Waals surface area contributed by atoms with Crippen LogP contribution in [-0.4, -0.2) is 64.7 Å².